The quantitative estimate of drug-likeness (QED) is 0.342. The molecule has 3 atom stereocenters. The van der Waals surface area contributed by atoms with Gasteiger partial charge in [-0.3, -0.25) is 19.3 Å². The first kappa shape index (κ1) is 25.3. The van der Waals surface area contributed by atoms with E-state index in [1.165, 1.54) is 11.1 Å². The molecule has 1 fully saturated rings. The van der Waals surface area contributed by atoms with Gasteiger partial charge in [0.15, 0.2) is 0 Å². The molecule has 3 amide bonds. The number of anilines is 1. The Morgan fingerprint density at radius 3 is 2.42 bits per heavy atom. The lowest BCUT2D eigenvalue weighted by Gasteiger charge is -2.27. The van der Waals surface area contributed by atoms with Gasteiger partial charge in [-0.2, -0.15) is 5.10 Å². The summed E-state index contributed by atoms with van der Waals surface area (Å²) in [4.78, 5) is 53.1. The van der Waals surface area contributed by atoms with Crippen LogP contribution in [0.15, 0.2) is 42.6 Å². The van der Waals surface area contributed by atoms with Crippen molar-refractivity contribution in [3.05, 3.63) is 53.9 Å². The molecule has 1 aromatic carbocycles. The standard InChI is InChI=1S/C27H32N4O5/c1-5-36-27(35)22-15-28-31(17(22)4)19-10-8-9-18(14-19)29-24(32)23(13-16(2)3)30-25(33)20-11-6-7-12-21(20)26(30)34/h6-10,14-16,20-21,23H,5,11-13H2,1-4H3,(H,29,32)/t20-,21+,23-/m0/s1. The number of benzene rings is 1. The highest BCUT2D eigenvalue weighted by Gasteiger charge is 2.51. The Morgan fingerprint density at radius 2 is 1.81 bits per heavy atom. The van der Waals surface area contributed by atoms with Crippen molar-refractivity contribution in [1.82, 2.24) is 14.7 Å². The first-order chi connectivity index (χ1) is 17.2. The van der Waals surface area contributed by atoms with E-state index >= 15 is 0 Å². The van der Waals surface area contributed by atoms with Crippen LogP contribution in [0.25, 0.3) is 5.69 Å². The number of carbonyl (C=O) groups is 4. The number of rotatable bonds is 8. The van der Waals surface area contributed by atoms with Crippen molar-refractivity contribution < 1.29 is 23.9 Å². The number of aromatic nitrogens is 2. The summed E-state index contributed by atoms with van der Waals surface area (Å²) in [7, 11) is 0. The van der Waals surface area contributed by atoms with Crippen LogP contribution in [0.2, 0.25) is 0 Å². The first-order valence-corrected chi connectivity index (χ1v) is 12.4. The third-order valence-corrected chi connectivity index (χ3v) is 6.71. The lowest BCUT2D eigenvalue weighted by molar-refractivity contribution is -0.147. The number of esters is 1. The number of hydrogen-bond acceptors (Lipinski definition) is 6. The van der Waals surface area contributed by atoms with E-state index in [4.69, 9.17) is 4.74 Å². The lowest BCUT2D eigenvalue weighted by Crippen LogP contribution is -2.48. The Labute approximate surface area is 210 Å². The maximum absolute atomic E-state index is 13.5. The van der Waals surface area contributed by atoms with Crippen LogP contribution in [-0.2, 0) is 19.1 Å². The van der Waals surface area contributed by atoms with E-state index < -0.39 is 17.9 Å². The van der Waals surface area contributed by atoms with Gasteiger partial charge in [0.05, 0.1) is 36.0 Å². The number of imide groups is 1. The minimum Gasteiger partial charge on any atom is -0.462 e. The highest BCUT2D eigenvalue weighted by atomic mass is 16.5. The summed E-state index contributed by atoms with van der Waals surface area (Å²) in [6.07, 6.45) is 6.75. The molecular weight excluding hydrogens is 460 g/mol. The zero-order chi connectivity index (χ0) is 26.0. The number of carbonyl (C=O) groups excluding carboxylic acids is 4. The maximum atomic E-state index is 13.5. The Morgan fingerprint density at radius 1 is 1.14 bits per heavy atom. The van der Waals surface area contributed by atoms with Crippen molar-refractivity contribution in [2.45, 2.75) is 53.0 Å². The zero-order valence-corrected chi connectivity index (χ0v) is 21.1. The Hall–Kier alpha value is -3.75. The molecule has 9 nitrogen and oxygen atoms in total. The van der Waals surface area contributed by atoms with Crippen LogP contribution in [0.1, 0.15) is 56.1 Å². The Bertz CT molecular complexity index is 1190. The van der Waals surface area contributed by atoms with Crippen molar-refractivity contribution in [3.8, 4) is 5.69 Å². The third kappa shape index (κ3) is 4.82. The number of allylic oxidation sites excluding steroid dienone is 2. The predicted octanol–water partition coefficient (Wildman–Crippen LogP) is 3.66. The molecule has 4 rings (SSSR count). The minimum absolute atomic E-state index is 0.0986. The second-order valence-electron chi connectivity index (χ2n) is 9.66. The smallest absolute Gasteiger partial charge is 0.341 e. The fourth-order valence-corrected chi connectivity index (χ4v) is 4.93. The molecule has 36 heavy (non-hydrogen) atoms. The van der Waals surface area contributed by atoms with Gasteiger partial charge >= 0.3 is 5.97 Å². The van der Waals surface area contributed by atoms with Crippen molar-refractivity contribution in [2.75, 3.05) is 11.9 Å². The second-order valence-corrected chi connectivity index (χ2v) is 9.66. The minimum atomic E-state index is -0.888. The molecule has 2 aromatic rings. The van der Waals surface area contributed by atoms with E-state index in [0.717, 1.165) is 0 Å². The van der Waals surface area contributed by atoms with Gasteiger partial charge in [0.2, 0.25) is 17.7 Å². The lowest BCUT2D eigenvalue weighted by atomic mass is 9.85. The second kappa shape index (κ2) is 10.5. The summed E-state index contributed by atoms with van der Waals surface area (Å²) >= 11 is 0. The molecule has 0 saturated carbocycles. The first-order valence-electron chi connectivity index (χ1n) is 12.4. The van der Waals surface area contributed by atoms with Crippen LogP contribution in [0, 0.1) is 24.7 Å². The fourth-order valence-electron chi connectivity index (χ4n) is 4.93. The Kier molecular flexibility index (Phi) is 7.37. The average molecular weight is 493 g/mol. The predicted molar refractivity (Wildman–Crippen MR) is 133 cm³/mol. The SMILES string of the molecule is CCOC(=O)c1cnn(-c2cccc(NC(=O)[C@H](CC(C)C)N3C(=O)[C@H]4CC=CC[C@H]4C3=O)c2)c1C. The molecule has 1 aromatic heterocycles. The molecule has 0 unspecified atom stereocenters. The van der Waals surface area contributed by atoms with E-state index in [9.17, 15) is 19.2 Å². The van der Waals surface area contributed by atoms with Gasteiger partial charge in [-0.15, -0.1) is 0 Å². The van der Waals surface area contributed by atoms with Crippen LogP contribution < -0.4 is 5.32 Å². The monoisotopic (exact) mass is 492 g/mol. The topological polar surface area (TPSA) is 111 Å². The molecule has 1 aliphatic heterocycles. The number of hydrogen-bond donors (Lipinski definition) is 1. The van der Waals surface area contributed by atoms with Crippen molar-refractivity contribution >= 4 is 29.4 Å². The van der Waals surface area contributed by atoms with Crippen LogP contribution in [-0.4, -0.2) is 51.0 Å². The maximum Gasteiger partial charge on any atom is 0.341 e. The van der Waals surface area contributed by atoms with Gasteiger partial charge in [0.25, 0.3) is 0 Å². The summed E-state index contributed by atoms with van der Waals surface area (Å²) in [5.74, 6) is -2.04. The van der Waals surface area contributed by atoms with E-state index in [-0.39, 0.29) is 36.2 Å². The molecule has 1 saturated heterocycles. The highest BCUT2D eigenvalue weighted by Crippen LogP contribution is 2.37. The molecule has 0 spiro atoms. The molecule has 1 N–H and O–H groups in total. The van der Waals surface area contributed by atoms with Crippen molar-refractivity contribution in [1.29, 1.82) is 0 Å². The van der Waals surface area contributed by atoms with Crippen molar-refractivity contribution in [2.24, 2.45) is 17.8 Å². The largest absolute Gasteiger partial charge is 0.462 e. The summed E-state index contributed by atoms with van der Waals surface area (Å²) < 4.78 is 6.68. The van der Waals surface area contributed by atoms with Crippen LogP contribution in [0.4, 0.5) is 5.69 Å². The third-order valence-electron chi connectivity index (χ3n) is 6.71. The van der Waals surface area contributed by atoms with Gasteiger partial charge in [-0.25, -0.2) is 9.48 Å². The number of amides is 3. The van der Waals surface area contributed by atoms with Crippen LogP contribution >= 0.6 is 0 Å². The molecule has 2 heterocycles. The summed E-state index contributed by atoms with van der Waals surface area (Å²) in [6, 6.07) is 6.15. The average Bonchev–Trinajstić information content (AvgIpc) is 3.35. The summed E-state index contributed by atoms with van der Waals surface area (Å²) in [6.45, 7) is 7.69. The van der Waals surface area contributed by atoms with Crippen molar-refractivity contribution in [3.63, 3.8) is 0 Å². The Balaban J connectivity index is 1.57. The van der Waals surface area contributed by atoms with E-state index in [1.807, 2.05) is 26.0 Å². The number of fused-ring (bicyclic) bond motifs is 1. The molecule has 0 bridgehead atoms. The van der Waals surface area contributed by atoms with E-state index in [0.29, 0.717) is 41.9 Å². The molecule has 1 aliphatic carbocycles. The zero-order valence-electron chi connectivity index (χ0n) is 21.1. The van der Waals surface area contributed by atoms with E-state index in [1.54, 1.807) is 42.8 Å². The molecule has 2 aliphatic rings. The van der Waals surface area contributed by atoms with Gasteiger partial charge in [-0.1, -0.05) is 32.1 Å². The molecule has 9 heteroatoms. The number of nitrogens with zero attached hydrogens (tertiary/aromatic N) is 3. The van der Waals surface area contributed by atoms with Gasteiger partial charge in [0, 0.05) is 5.69 Å². The molecule has 0 radical (unpaired) electrons. The van der Waals surface area contributed by atoms with E-state index in [2.05, 4.69) is 10.4 Å². The number of likely N-dealkylation sites (tertiary alicyclic amines) is 1. The summed E-state index contributed by atoms with van der Waals surface area (Å²) in [5.41, 5.74) is 2.12. The number of ether oxygens (including phenoxy) is 1. The summed E-state index contributed by atoms with van der Waals surface area (Å²) in [5, 5.41) is 7.20. The normalized spacial score (nSPS) is 20.0. The van der Waals surface area contributed by atoms with Gasteiger partial charge in [-0.05, 0) is 57.2 Å². The van der Waals surface area contributed by atoms with Gasteiger partial charge in [0.1, 0.15) is 11.6 Å². The fraction of sp³-hybridized carbons (Fsp3) is 0.444. The molecular formula is C27H32N4O5. The van der Waals surface area contributed by atoms with Crippen LogP contribution in [0.5, 0.6) is 0 Å². The highest BCUT2D eigenvalue weighted by molar-refractivity contribution is 6.10. The van der Waals surface area contributed by atoms with Gasteiger partial charge < -0.3 is 10.1 Å². The number of nitrogens with one attached hydrogen (secondary N) is 1. The van der Waals surface area contributed by atoms with Crippen LogP contribution in [0.3, 0.4) is 0 Å². The molecule has 190 valence electrons.